The van der Waals surface area contributed by atoms with E-state index in [-0.39, 0.29) is 17.8 Å². The van der Waals surface area contributed by atoms with Gasteiger partial charge in [0.15, 0.2) is 0 Å². The normalized spacial score (nSPS) is 20.2. The Hall–Kier alpha value is -4.29. The van der Waals surface area contributed by atoms with Crippen molar-refractivity contribution in [3.63, 3.8) is 0 Å². The molecular weight excluding hydrogens is 637 g/mol. The van der Waals surface area contributed by atoms with Crippen LogP contribution in [0.2, 0.25) is 0 Å². The number of benzene rings is 1. The number of aromatic nitrogens is 2. The number of halogens is 7. The molecule has 1 spiro atoms. The second kappa shape index (κ2) is 15.3. The zero-order chi connectivity index (χ0) is 34.1. The Morgan fingerprint density at radius 3 is 2.37 bits per heavy atom. The van der Waals surface area contributed by atoms with Crippen molar-refractivity contribution in [3.8, 4) is 0 Å². The van der Waals surface area contributed by atoms with Gasteiger partial charge in [-0.1, -0.05) is 0 Å². The number of ether oxygens (including phenoxy) is 2. The number of hydrogen-bond acceptors (Lipinski definition) is 7. The van der Waals surface area contributed by atoms with Crippen LogP contribution in [0.5, 0.6) is 0 Å². The molecule has 4 heterocycles. The van der Waals surface area contributed by atoms with E-state index in [4.69, 9.17) is 29.3 Å². The Balaban J connectivity index is 0.000000345. The molecule has 2 aliphatic heterocycles. The minimum absolute atomic E-state index is 0.0543. The van der Waals surface area contributed by atoms with Gasteiger partial charge in [0.05, 0.1) is 24.9 Å². The molecule has 46 heavy (non-hydrogen) atoms. The third-order valence-corrected chi connectivity index (χ3v) is 6.79. The number of carbonyl (C=O) groups is 3. The number of H-pyrrole nitrogens is 1. The molecule has 2 atom stereocenters. The van der Waals surface area contributed by atoms with Crippen LogP contribution in [0.1, 0.15) is 28.8 Å². The first-order valence-electron chi connectivity index (χ1n) is 13.5. The van der Waals surface area contributed by atoms with Gasteiger partial charge >= 0.3 is 24.3 Å². The molecule has 0 radical (unpaired) electrons. The van der Waals surface area contributed by atoms with E-state index >= 15 is 0 Å². The van der Waals surface area contributed by atoms with E-state index in [0.29, 0.717) is 31.9 Å². The maximum Gasteiger partial charge on any atom is 0.490 e. The molecule has 3 aromatic rings. The van der Waals surface area contributed by atoms with Crippen molar-refractivity contribution in [2.45, 2.75) is 43.4 Å². The summed E-state index contributed by atoms with van der Waals surface area (Å²) in [4.78, 5) is 39.6. The molecule has 2 unspecified atom stereocenters. The van der Waals surface area contributed by atoms with Crippen LogP contribution >= 0.6 is 0 Å². The molecule has 18 heteroatoms. The van der Waals surface area contributed by atoms with Gasteiger partial charge in [-0.3, -0.25) is 14.7 Å². The van der Waals surface area contributed by atoms with E-state index in [2.05, 4.69) is 20.2 Å². The number of carbonyl (C=O) groups excluding carboxylic acids is 1. The van der Waals surface area contributed by atoms with Gasteiger partial charge in [0, 0.05) is 55.7 Å². The fraction of sp³-hybridized carbons (Fsp3) is 0.429. The highest BCUT2D eigenvalue weighted by Gasteiger charge is 2.43. The summed E-state index contributed by atoms with van der Waals surface area (Å²) in [7, 11) is 0. The van der Waals surface area contributed by atoms with E-state index in [1.165, 1.54) is 6.07 Å². The Morgan fingerprint density at radius 1 is 1.09 bits per heavy atom. The van der Waals surface area contributed by atoms with Gasteiger partial charge in [0.25, 0.3) is 5.91 Å². The third-order valence-electron chi connectivity index (χ3n) is 6.79. The molecule has 0 saturated carbocycles. The molecule has 2 saturated heterocycles. The topological polar surface area (TPSA) is 154 Å². The van der Waals surface area contributed by atoms with Crippen molar-refractivity contribution in [2.24, 2.45) is 0 Å². The predicted octanol–water partition coefficient (Wildman–Crippen LogP) is 4.15. The van der Waals surface area contributed by atoms with E-state index in [1.54, 1.807) is 36.7 Å². The fourth-order valence-corrected chi connectivity index (χ4v) is 4.71. The lowest BCUT2D eigenvalue weighted by atomic mass is 9.99. The van der Waals surface area contributed by atoms with Gasteiger partial charge in [-0.15, -0.1) is 0 Å². The summed E-state index contributed by atoms with van der Waals surface area (Å²) >= 11 is 0. The van der Waals surface area contributed by atoms with Crippen molar-refractivity contribution in [1.82, 2.24) is 20.2 Å². The van der Waals surface area contributed by atoms with E-state index in [9.17, 15) is 35.5 Å². The number of fused-ring (bicyclic) bond motifs is 1. The number of nitrogens with one attached hydrogen (secondary N) is 2. The van der Waals surface area contributed by atoms with Crippen molar-refractivity contribution < 1.29 is 64.8 Å². The zero-order valence-corrected chi connectivity index (χ0v) is 23.8. The van der Waals surface area contributed by atoms with Crippen molar-refractivity contribution in [2.75, 3.05) is 32.8 Å². The Bertz CT molecular complexity index is 1460. The van der Waals surface area contributed by atoms with Crippen LogP contribution < -0.4 is 5.32 Å². The first kappa shape index (κ1) is 36.2. The minimum atomic E-state index is -5.08. The number of rotatable bonds is 5. The van der Waals surface area contributed by atoms with Gasteiger partial charge in [-0.05, 0) is 48.7 Å². The average molecular weight is 667 g/mol. The van der Waals surface area contributed by atoms with E-state index < -0.39 is 29.9 Å². The van der Waals surface area contributed by atoms with Crippen LogP contribution in [-0.4, -0.2) is 99.8 Å². The molecule has 0 bridgehead atoms. The van der Waals surface area contributed by atoms with Gasteiger partial charge in [-0.2, -0.15) is 26.3 Å². The summed E-state index contributed by atoms with van der Waals surface area (Å²) in [6.07, 6.45) is -3.33. The lowest BCUT2D eigenvalue weighted by molar-refractivity contribution is -0.193. The summed E-state index contributed by atoms with van der Waals surface area (Å²) in [5, 5.41) is 18.1. The van der Waals surface area contributed by atoms with Crippen molar-refractivity contribution in [3.05, 3.63) is 65.9 Å². The van der Waals surface area contributed by atoms with Gasteiger partial charge < -0.3 is 30.0 Å². The van der Waals surface area contributed by atoms with Crippen molar-refractivity contribution >= 4 is 28.7 Å². The minimum Gasteiger partial charge on any atom is -0.475 e. The summed E-state index contributed by atoms with van der Waals surface area (Å²) in [6, 6.07) is 8.31. The highest BCUT2D eigenvalue weighted by atomic mass is 19.4. The monoisotopic (exact) mass is 666 g/mol. The molecule has 11 nitrogen and oxygen atoms in total. The molecule has 252 valence electrons. The number of amides is 1. The van der Waals surface area contributed by atoms with Gasteiger partial charge in [-0.25, -0.2) is 14.0 Å². The second-order valence-corrected chi connectivity index (χ2v) is 10.3. The Kier molecular flexibility index (Phi) is 12.1. The molecule has 1 aromatic carbocycles. The first-order chi connectivity index (χ1) is 21.5. The zero-order valence-electron chi connectivity index (χ0n) is 23.8. The summed E-state index contributed by atoms with van der Waals surface area (Å²) in [5.74, 6) is -5.89. The highest BCUT2D eigenvalue weighted by molar-refractivity contribution is 5.93. The van der Waals surface area contributed by atoms with Crippen LogP contribution in [0, 0.1) is 5.82 Å². The van der Waals surface area contributed by atoms with E-state index in [0.717, 1.165) is 42.4 Å². The molecule has 2 aliphatic rings. The Morgan fingerprint density at radius 2 is 1.76 bits per heavy atom. The lowest BCUT2D eigenvalue weighted by Gasteiger charge is -2.32. The molecule has 2 aromatic heterocycles. The van der Waals surface area contributed by atoms with E-state index in [1.807, 2.05) is 6.20 Å². The maximum absolute atomic E-state index is 13.8. The number of carboxylic acid groups (broad SMARTS) is 2. The van der Waals surface area contributed by atoms with Gasteiger partial charge in [0.2, 0.25) is 0 Å². The molecule has 0 aliphatic carbocycles. The predicted molar refractivity (Wildman–Crippen MR) is 145 cm³/mol. The SMILES string of the molecule is O=C(NCC1CCC2(COCCN(Cc3c[nH]c4ccc(F)cc34)C2)O1)c1cccnc1.O=C(O)C(F)(F)F.O=C(O)C(F)(F)F. The smallest absolute Gasteiger partial charge is 0.475 e. The quantitative estimate of drug-likeness (QED) is 0.294. The first-order valence-corrected chi connectivity index (χ1v) is 13.5. The largest absolute Gasteiger partial charge is 0.490 e. The van der Waals surface area contributed by atoms with Gasteiger partial charge in [0.1, 0.15) is 11.4 Å². The summed E-state index contributed by atoms with van der Waals surface area (Å²) in [5.41, 5.74) is 2.15. The Labute approximate surface area is 256 Å². The average Bonchev–Trinajstić information content (AvgIpc) is 3.50. The van der Waals surface area contributed by atoms with Crippen LogP contribution in [0.25, 0.3) is 10.9 Å². The molecule has 5 rings (SSSR count). The standard InChI is InChI=1S/C24H27FN4O3.2C2HF3O2/c25-19-3-4-22-21(10-19)18(12-27-22)14-29-8-9-31-16-24(15-29)6-5-20(32-24)13-28-23(30)17-2-1-7-26-11-17;2*3-2(4,5)1(6)7/h1-4,7,10-12,20,27H,5-6,8-9,13-16H2,(H,28,30);2*(H,6,7). The number of carboxylic acids is 2. The van der Waals surface area contributed by atoms with Crippen LogP contribution in [-0.2, 0) is 25.6 Å². The van der Waals surface area contributed by atoms with Crippen LogP contribution in [0.4, 0.5) is 30.7 Å². The number of nitrogens with zero attached hydrogens (tertiary/aromatic N) is 2. The van der Waals surface area contributed by atoms with Crippen LogP contribution in [0.15, 0.2) is 48.9 Å². The molecular formula is C28H29F7N4O7. The second-order valence-electron chi connectivity index (χ2n) is 10.3. The summed E-state index contributed by atoms with van der Waals surface area (Å²) in [6.45, 7) is 3.85. The number of pyridine rings is 1. The molecule has 4 N–H and O–H groups in total. The lowest BCUT2D eigenvalue weighted by Crippen LogP contribution is -2.45. The number of alkyl halides is 6. The third kappa shape index (κ3) is 10.7. The van der Waals surface area contributed by atoms with Crippen molar-refractivity contribution in [1.29, 1.82) is 0 Å². The number of aliphatic carboxylic acids is 2. The number of aromatic amines is 1. The summed E-state index contributed by atoms with van der Waals surface area (Å²) < 4.78 is 89.6. The maximum atomic E-state index is 13.8. The molecule has 2 fully saturated rings. The fourth-order valence-electron chi connectivity index (χ4n) is 4.71. The number of hydrogen-bond donors (Lipinski definition) is 4. The van der Waals surface area contributed by atoms with Crippen LogP contribution in [0.3, 0.4) is 0 Å². The molecule has 1 amide bonds. The highest BCUT2D eigenvalue weighted by Crippen LogP contribution is 2.34.